The summed E-state index contributed by atoms with van der Waals surface area (Å²) < 4.78 is 11.6. The molecule has 0 bridgehead atoms. The first-order valence-corrected chi connectivity index (χ1v) is 12.1. The lowest BCUT2D eigenvalue weighted by molar-refractivity contribution is -0.122. The van der Waals surface area contributed by atoms with Crippen LogP contribution >= 0.6 is 0 Å². The van der Waals surface area contributed by atoms with E-state index in [1.165, 1.54) is 6.08 Å². The van der Waals surface area contributed by atoms with E-state index in [-0.39, 0.29) is 12.2 Å². The van der Waals surface area contributed by atoms with Gasteiger partial charge in [-0.15, -0.1) is 0 Å². The number of hydrogen-bond acceptors (Lipinski definition) is 5. The minimum absolute atomic E-state index is 0.175. The molecule has 0 spiro atoms. The van der Waals surface area contributed by atoms with E-state index in [0.717, 1.165) is 32.4 Å². The predicted octanol–water partition coefficient (Wildman–Crippen LogP) is 5.71. The summed E-state index contributed by atoms with van der Waals surface area (Å²) in [5, 5.41) is 4.46. The Labute approximate surface area is 220 Å². The normalized spacial score (nSPS) is 14.7. The highest BCUT2D eigenvalue weighted by Gasteiger charge is 2.37. The van der Waals surface area contributed by atoms with Gasteiger partial charge in [0, 0.05) is 11.6 Å². The zero-order chi connectivity index (χ0) is 26.8. The number of amides is 4. The number of aryl methyl sites for hydroxylation is 2. The fourth-order valence-corrected chi connectivity index (χ4v) is 4.45. The summed E-state index contributed by atoms with van der Waals surface area (Å²) in [6.07, 6.45) is 1.44. The molecule has 0 aliphatic carbocycles. The fourth-order valence-electron chi connectivity index (χ4n) is 4.45. The predicted molar refractivity (Wildman–Crippen MR) is 146 cm³/mol. The topological polar surface area (TPSA) is 84.9 Å². The van der Waals surface area contributed by atoms with Crippen LogP contribution in [0.1, 0.15) is 22.3 Å². The third kappa shape index (κ3) is 4.74. The van der Waals surface area contributed by atoms with E-state index < -0.39 is 17.8 Å². The van der Waals surface area contributed by atoms with E-state index in [4.69, 9.17) is 9.47 Å². The maximum atomic E-state index is 13.5. The molecule has 1 aliphatic heterocycles. The first-order valence-electron chi connectivity index (χ1n) is 12.1. The van der Waals surface area contributed by atoms with E-state index in [0.29, 0.717) is 22.7 Å². The molecule has 1 saturated heterocycles. The minimum Gasteiger partial charge on any atom is -0.497 e. The number of methoxy groups -OCH3 is 1. The van der Waals surface area contributed by atoms with Crippen molar-refractivity contribution in [2.75, 3.05) is 12.0 Å². The highest BCUT2D eigenvalue weighted by Crippen LogP contribution is 2.31. The molecule has 1 heterocycles. The molecule has 7 heteroatoms. The van der Waals surface area contributed by atoms with Gasteiger partial charge in [0.25, 0.3) is 11.8 Å². The summed E-state index contributed by atoms with van der Waals surface area (Å²) in [5.41, 5.74) is 3.35. The Kier molecular flexibility index (Phi) is 6.66. The summed E-state index contributed by atoms with van der Waals surface area (Å²) in [6.45, 7) is 3.93. The molecule has 0 radical (unpaired) electrons. The summed E-state index contributed by atoms with van der Waals surface area (Å²) in [5.74, 6) is -0.479. The molecule has 0 aromatic heterocycles. The highest BCUT2D eigenvalue weighted by molar-refractivity contribution is 6.39. The Bertz CT molecular complexity index is 1620. The highest BCUT2D eigenvalue weighted by atomic mass is 16.5. The first-order chi connectivity index (χ1) is 18.4. The van der Waals surface area contributed by atoms with Gasteiger partial charge in [-0.3, -0.25) is 14.9 Å². The van der Waals surface area contributed by atoms with Crippen molar-refractivity contribution in [2.24, 2.45) is 0 Å². The lowest BCUT2D eigenvalue weighted by Gasteiger charge is -2.28. The smallest absolute Gasteiger partial charge is 0.335 e. The number of carbonyl (C=O) groups excluding carboxylic acids is 3. The van der Waals surface area contributed by atoms with Gasteiger partial charge in [-0.05, 0) is 65.6 Å². The largest absolute Gasteiger partial charge is 0.497 e. The van der Waals surface area contributed by atoms with Crippen LogP contribution < -0.4 is 19.7 Å². The van der Waals surface area contributed by atoms with E-state index >= 15 is 0 Å². The van der Waals surface area contributed by atoms with Crippen molar-refractivity contribution < 1.29 is 23.9 Å². The molecule has 38 heavy (non-hydrogen) atoms. The van der Waals surface area contributed by atoms with Crippen LogP contribution in [0.4, 0.5) is 10.5 Å². The first kappa shape index (κ1) is 24.8. The summed E-state index contributed by atoms with van der Waals surface area (Å²) in [7, 11) is 1.55. The van der Waals surface area contributed by atoms with Crippen molar-refractivity contribution in [2.45, 2.75) is 20.5 Å². The van der Waals surface area contributed by atoms with Crippen LogP contribution in [0.5, 0.6) is 11.5 Å². The van der Waals surface area contributed by atoms with Crippen LogP contribution in [0.15, 0.2) is 84.4 Å². The van der Waals surface area contributed by atoms with Crippen molar-refractivity contribution >= 4 is 40.4 Å². The molecule has 4 aromatic carbocycles. The summed E-state index contributed by atoms with van der Waals surface area (Å²) in [4.78, 5) is 40.0. The maximum Gasteiger partial charge on any atom is 0.335 e. The molecule has 1 aliphatic rings. The number of imide groups is 2. The van der Waals surface area contributed by atoms with Crippen LogP contribution in [0, 0.1) is 13.8 Å². The third-order valence-electron chi connectivity index (χ3n) is 6.49. The summed E-state index contributed by atoms with van der Waals surface area (Å²) >= 11 is 0. The zero-order valence-corrected chi connectivity index (χ0v) is 21.3. The van der Waals surface area contributed by atoms with Crippen LogP contribution in [0.3, 0.4) is 0 Å². The molecule has 7 nitrogen and oxygen atoms in total. The van der Waals surface area contributed by atoms with Crippen molar-refractivity contribution in [3.05, 3.63) is 107 Å². The van der Waals surface area contributed by atoms with Gasteiger partial charge >= 0.3 is 6.03 Å². The SMILES string of the molecule is COc1ccc(/C=C2\C(=O)NC(=O)N(c3cc(C)ccc3C)C2=O)c(OCc2cccc3ccccc23)c1. The molecule has 5 rings (SSSR count). The Morgan fingerprint density at radius 2 is 1.68 bits per heavy atom. The van der Waals surface area contributed by atoms with Gasteiger partial charge in [0.1, 0.15) is 23.7 Å². The second-order valence-electron chi connectivity index (χ2n) is 9.08. The molecule has 1 N–H and O–H groups in total. The number of ether oxygens (including phenoxy) is 2. The van der Waals surface area contributed by atoms with Crippen molar-refractivity contribution in [1.82, 2.24) is 5.32 Å². The minimum atomic E-state index is -0.784. The Hall–Kier alpha value is -4.91. The van der Waals surface area contributed by atoms with Gasteiger partial charge in [0.2, 0.25) is 0 Å². The molecule has 0 atom stereocenters. The number of rotatable bonds is 6. The van der Waals surface area contributed by atoms with Crippen LogP contribution in [0.2, 0.25) is 0 Å². The molecular formula is C31H26N2O5. The lowest BCUT2D eigenvalue weighted by atomic mass is 10.0. The Morgan fingerprint density at radius 3 is 2.50 bits per heavy atom. The molecule has 4 amide bonds. The second kappa shape index (κ2) is 10.2. The number of barbiturate groups is 1. The third-order valence-corrected chi connectivity index (χ3v) is 6.49. The number of nitrogens with one attached hydrogen (secondary N) is 1. The van der Waals surface area contributed by atoms with Gasteiger partial charge < -0.3 is 9.47 Å². The van der Waals surface area contributed by atoms with Crippen molar-refractivity contribution in [3.63, 3.8) is 0 Å². The average Bonchev–Trinajstić information content (AvgIpc) is 2.92. The number of anilines is 1. The molecule has 190 valence electrons. The van der Waals surface area contributed by atoms with E-state index in [1.807, 2.05) is 61.5 Å². The molecule has 0 unspecified atom stereocenters. The van der Waals surface area contributed by atoms with Crippen LogP contribution in [-0.2, 0) is 16.2 Å². The number of benzene rings is 4. The van der Waals surface area contributed by atoms with E-state index in [2.05, 4.69) is 5.32 Å². The van der Waals surface area contributed by atoms with E-state index in [1.54, 1.807) is 38.3 Å². The fraction of sp³-hybridized carbons (Fsp3) is 0.129. The standard InChI is InChI=1S/C31H26N2O5/c1-19-11-12-20(2)27(15-19)33-30(35)26(29(34)32-31(33)36)16-22-13-14-24(37-3)17-28(22)38-18-23-9-6-8-21-7-4-5-10-25(21)23/h4-17H,18H2,1-3H3,(H,32,34,36)/b26-16+. The summed E-state index contributed by atoms with van der Waals surface area (Å²) in [6, 6.07) is 23.8. The van der Waals surface area contributed by atoms with Gasteiger partial charge in [-0.1, -0.05) is 54.6 Å². The molecule has 0 saturated carbocycles. The lowest BCUT2D eigenvalue weighted by Crippen LogP contribution is -2.54. The second-order valence-corrected chi connectivity index (χ2v) is 9.08. The Morgan fingerprint density at radius 1 is 0.895 bits per heavy atom. The number of fused-ring (bicyclic) bond motifs is 1. The zero-order valence-electron chi connectivity index (χ0n) is 21.3. The number of carbonyl (C=O) groups is 3. The number of nitrogens with zero attached hydrogens (tertiary/aromatic N) is 1. The van der Waals surface area contributed by atoms with Crippen LogP contribution in [0.25, 0.3) is 16.8 Å². The number of hydrogen-bond donors (Lipinski definition) is 1. The quantitative estimate of drug-likeness (QED) is 0.267. The number of urea groups is 1. The monoisotopic (exact) mass is 506 g/mol. The van der Waals surface area contributed by atoms with Gasteiger partial charge in [0.05, 0.1) is 12.8 Å². The van der Waals surface area contributed by atoms with Gasteiger partial charge in [-0.25, -0.2) is 9.69 Å². The van der Waals surface area contributed by atoms with Crippen LogP contribution in [-0.4, -0.2) is 25.0 Å². The van der Waals surface area contributed by atoms with E-state index in [9.17, 15) is 14.4 Å². The van der Waals surface area contributed by atoms with Gasteiger partial charge in [0.15, 0.2) is 0 Å². The average molecular weight is 507 g/mol. The maximum absolute atomic E-state index is 13.5. The molecule has 4 aromatic rings. The van der Waals surface area contributed by atoms with Crippen molar-refractivity contribution in [1.29, 1.82) is 0 Å². The molecular weight excluding hydrogens is 480 g/mol. The Balaban J connectivity index is 1.51. The van der Waals surface area contributed by atoms with Gasteiger partial charge in [-0.2, -0.15) is 0 Å². The van der Waals surface area contributed by atoms with Crippen molar-refractivity contribution in [3.8, 4) is 11.5 Å². The molecule has 1 fully saturated rings.